The van der Waals surface area contributed by atoms with Gasteiger partial charge in [-0.3, -0.25) is 4.90 Å². The first-order valence-electron chi connectivity index (χ1n) is 6.89. The summed E-state index contributed by atoms with van der Waals surface area (Å²) in [5, 5.41) is 4.07. The molecule has 1 saturated heterocycles. The summed E-state index contributed by atoms with van der Waals surface area (Å²) in [4.78, 5) is 2.31. The second-order valence-electron chi connectivity index (χ2n) is 5.74. The molecule has 1 aromatic rings. The highest BCUT2D eigenvalue weighted by Crippen LogP contribution is 2.23. The minimum Gasteiger partial charge on any atom is -0.311 e. The van der Waals surface area contributed by atoms with E-state index < -0.39 is 0 Å². The van der Waals surface area contributed by atoms with Crippen LogP contribution < -0.4 is 5.32 Å². The normalized spacial score (nSPS) is 24.9. The first-order valence-corrected chi connectivity index (χ1v) is 7.27. The lowest BCUT2D eigenvalue weighted by molar-refractivity contribution is 0.115. The Hall–Kier alpha value is -0.640. The van der Waals surface area contributed by atoms with Gasteiger partial charge in [0.05, 0.1) is 0 Å². The van der Waals surface area contributed by atoms with E-state index in [1.807, 2.05) is 0 Å². The number of nitrogens with one attached hydrogen (secondary N) is 1. The minimum atomic E-state index is -0.209. The number of piperazine rings is 1. The average Bonchev–Trinajstić information content (AvgIpc) is 2.35. The van der Waals surface area contributed by atoms with Crippen LogP contribution in [-0.4, -0.2) is 30.1 Å². The Labute approximate surface area is 119 Å². The Morgan fingerprint density at radius 3 is 2.84 bits per heavy atom. The predicted octanol–water partition coefficient (Wildman–Crippen LogP) is 3.30. The molecule has 1 fully saturated rings. The molecule has 0 amide bonds. The number of halogens is 2. The molecule has 1 aromatic carbocycles. The van der Waals surface area contributed by atoms with Crippen molar-refractivity contribution in [2.45, 2.75) is 39.4 Å². The second kappa shape index (κ2) is 6.21. The number of nitrogens with zero attached hydrogens (tertiary/aromatic N) is 1. The lowest BCUT2D eigenvalue weighted by Gasteiger charge is -2.40. The van der Waals surface area contributed by atoms with E-state index in [1.54, 1.807) is 12.1 Å². The van der Waals surface area contributed by atoms with Crippen molar-refractivity contribution < 1.29 is 4.39 Å². The average molecular weight is 285 g/mol. The summed E-state index contributed by atoms with van der Waals surface area (Å²) in [6.07, 6.45) is 0. The summed E-state index contributed by atoms with van der Waals surface area (Å²) in [7, 11) is 0. The van der Waals surface area contributed by atoms with Gasteiger partial charge in [-0.25, -0.2) is 4.39 Å². The fourth-order valence-electron chi connectivity index (χ4n) is 2.50. The van der Waals surface area contributed by atoms with Crippen LogP contribution in [0.4, 0.5) is 4.39 Å². The molecule has 1 aliphatic heterocycles. The maximum atomic E-state index is 13.9. The maximum Gasteiger partial charge on any atom is 0.129 e. The van der Waals surface area contributed by atoms with Crippen molar-refractivity contribution in [1.82, 2.24) is 10.2 Å². The molecule has 106 valence electrons. The van der Waals surface area contributed by atoms with Crippen molar-refractivity contribution in [2.75, 3.05) is 13.1 Å². The third kappa shape index (κ3) is 3.47. The fourth-order valence-corrected chi connectivity index (χ4v) is 2.72. The molecular formula is C15H22ClFN2. The monoisotopic (exact) mass is 284 g/mol. The zero-order valence-corrected chi connectivity index (χ0v) is 12.5. The molecule has 2 nitrogen and oxygen atoms in total. The quantitative estimate of drug-likeness (QED) is 0.916. The molecule has 0 radical (unpaired) electrons. The summed E-state index contributed by atoms with van der Waals surface area (Å²) >= 11 is 6.11. The van der Waals surface area contributed by atoms with Crippen LogP contribution >= 0.6 is 11.6 Å². The van der Waals surface area contributed by atoms with Crippen LogP contribution in [0.15, 0.2) is 18.2 Å². The summed E-state index contributed by atoms with van der Waals surface area (Å²) < 4.78 is 13.9. The predicted molar refractivity (Wildman–Crippen MR) is 77.9 cm³/mol. The van der Waals surface area contributed by atoms with Gasteiger partial charge in [-0.1, -0.05) is 31.5 Å². The highest BCUT2D eigenvalue weighted by Gasteiger charge is 2.27. The first-order chi connectivity index (χ1) is 8.99. The van der Waals surface area contributed by atoms with Crippen LogP contribution in [-0.2, 0) is 6.54 Å². The maximum absolute atomic E-state index is 13.9. The van der Waals surface area contributed by atoms with Crippen molar-refractivity contribution in [2.24, 2.45) is 5.92 Å². The van der Waals surface area contributed by atoms with E-state index in [1.165, 1.54) is 6.07 Å². The molecule has 0 bridgehead atoms. The molecule has 0 saturated carbocycles. The van der Waals surface area contributed by atoms with E-state index in [2.05, 4.69) is 31.0 Å². The van der Waals surface area contributed by atoms with Gasteiger partial charge in [-0.15, -0.1) is 0 Å². The van der Waals surface area contributed by atoms with Crippen molar-refractivity contribution in [3.8, 4) is 0 Å². The van der Waals surface area contributed by atoms with E-state index in [4.69, 9.17) is 11.6 Å². The van der Waals surface area contributed by atoms with Crippen molar-refractivity contribution in [1.29, 1.82) is 0 Å². The molecule has 0 aliphatic carbocycles. The zero-order chi connectivity index (χ0) is 14.0. The van der Waals surface area contributed by atoms with Gasteiger partial charge in [0.1, 0.15) is 5.82 Å². The van der Waals surface area contributed by atoms with Crippen LogP contribution in [0, 0.1) is 11.7 Å². The summed E-state index contributed by atoms with van der Waals surface area (Å²) in [6.45, 7) is 9.04. The molecule has 2 unspecified atom stereocenters. The number of rotatable bonds is 3. The molecule has 19 heavy (non-hydrogen) atoms. The van der Waals surface area contributed by atoms with Gasteiger partial charge >= 0.3 is 0 Å². The zero-order valence-electron chi connectivity index (χ0n) is 11.8. The molecule has 1 aliphatic rings. The Balaban J connectivity index is 2.12. The third-order valence-electron chi connectivity index (χ3n) is 3.96. The molecule has 0 spiro atoms. The molecular weight excluding hydrogens is 263 g/mol. The van der Waals surface area contributed by atoms with Crippen LogP contribution in [0.3, 0.4) is 0 Å². The van der Waals surface area contributed by atoms with E-state index in [0.29, 0.717) is 35.1 Å². The lowest BCUT2D eigenvalue weighted by atomic mass is 9.99. The smallest absolute Gasteiger partial charge is 0.129 e. The Morgan fingerprint density at radius 2 is 2.21 bits per heavy atom. The van der Waals surface area contributed by atoms with E-state index in [9.17, 15) is 4.39 Å². The van der Waals surface area contributed by atoms with Gasteiger partial charge in [-0.2, -0.15) is 0 Å². The molecule has 2 atom stereocenters. The standard InChI is InChI=1S/C15H22ClFN2/c1-10(2)15-9-19(11(3)7-18-15)8-12-13(16)5-4-6-14(12)17/h4-6,10-11,15,18H,7-9H2,1-3H3. The fraction of sp³-hybridized carbons (Fsp3) is 0.600. The van der Waals surface area contributed by atoms with E-state index in [0.717, 1.165) is 13.1 Å². The Kier molecular flexibility index (Phi) is 4.82. The minimum absolute atomic E-state index is 0.209. The van der Waals surface area contributed by atoms with E-state index in [-0.39, 0.29) is 5.82 Å². The van der Waals surface area contributed by atoms with Gasteiger partial charge in [0.15, 0.2) is 0 Å². The van der Waals surface area contributed by atoms with Crippen LogP contribution in [0.1, 0.15) is 26.3 Å². The third-order valence-corrected chi connectivity index (χ3v) is 4.31. The van der Waals surface area contributed by atoms with Crippen LogP contribution in [0.5, 0.6) is 0 Å². The topological polar surface area (TPSA) is 15.3 Å². The van der Waals surface area contributed by atoms with Crippen molar-refractivity contribution >= 4 is 11.6 Å². The summed E-state index contributed by atoms with van der Waals surface area (Å²) in [5.41, 5.74) is 0.612. The Bertz CT molecular complexity index is 416. The summed E-state index contributed by atoms with van der Waals surface area (Å²) in [6, 6.07) is 5.74. The number of hydrogen-bond acceptors (Lipinski definition) is 2. The van der Waals surface area contributed by atoms with Gasteiger partial charge in [0, 0.05) is 42.3 Å². The second-order valence-corrected chi connectivity index (χ2v) is 6.14. The van der Waals surface area contributed by atoms with E-state index >= 15 is 0 Å². The summed E-state index contributed by atoms with van der Waals surface area (Å²) in [5.74, 6) is 0.366. The van der Waals surface area contributed by atoms with Gasteiger partial charge in [-0.05, 0) is 25.0 Å². The van der Waals surface area contributed by atoms with Crippen LogP contribution in [0.25, 0.3) is 0 Å². The molecule has 2 rings (SSSR count). The highest BCUT2D eigenvalue weighted by atomic mass is 35.5. The molecule has 1 N–H and O–H groups in total. The SMILES string of the molecule is CC(C)C1CN(Cc2c(F)cccc2Cl)C(C)CN1. The molecule has 0 aromatic heterocycles. The van der Waals surface area contributed by atoms with Crippen LogP contribution in [0.2, 0.25) is 5.02 Å². The molecule has 1 heterocycles. The largest absolute Gasteiger partial charge is 0.311 e. The lowest BCUT2D eigenvalue weighted by Crippen LogP contribution is -2.56. The van der Waals surface area contributed by atoms with Crippen molar-refractivity contribution in [3.05, 3.63) is 34.6 Å². The number of hydrogen-bond donors (Lipinski definition) is 1. The highest BCUT2D eigenvalue weighted by molar-refractivity contribution is 6.31. The van der Waals surface area contributed by atoms with Gasteiger partial charge in [0.2, 0.25) is 0 Å². The first kappa shape index (κ1) is 14.8. The van der Waals surface area contributed by atoms with Crippen molar-refractivity contribution in [3.63, 3.8) is 0 Å². The number of benzene rings is 1. The van der Waals surface area contributed by atoms with Gasteiger partial charge < -0.3 is 5.32 Å². The molecule has 4 heteroatoms. The Morgan fingerprint density at radius 1 is 1.47 bits per heavy atom. The van der Waals surface area contributed by atoms with Gasteiger partial charge in [0.25, 0.3) is 0 Å².